The molecular formula is C31H26N6O2. The van der Waals surface area contributed by atoms with Gasteiger partial charge in [0.1, 0.15) is 0 Å². The highest BCUT2D eigenvalue weighted by Crippen LogP contribution is 2.23. The summed E-state index contributed by atoms with van der Waals surface area (Å²) >= 11 is 0. The Morgan fingerprint density at radius 2 is 1.08 bits per heavy atom. The molecule has 4 aromatic carbocycles. The average molecular weight is 515 g/mol. The van der Waals surface area contributed by atoms with E-state index >= 15 is 0 Å². The van der Waals surface area contributed by atoms with Gasteiger partial charge in [-0.25, -0.2) is 9.97 Å². The molecule has 0 aliphatic heterocycles. The van der Waals surface area contributed by atoms with Crippen LogP contribution in [-0.4, -0.2) is 19.1 Å². The van der Waals surface area contributed by atoms with E-state index in [0.29, 0.717) is 33.7 Å². The summed E-state index contributed by atoms with van der Waals surface area (Å²) in [5, 5.41) is 7.62. The predicted octanol–water partition coefficient (Wildman–Crippen LogP) is 5.85. The van der Waals surface area contributed by atoms with E-state index in [1.54, 1.807) is 21.3 Å². The van der Waals surface area contributed by atoms with Crippen LogP contribution in [0.25, 0.3) is 21.8 Å². The van der Waals surface area contributed by atoms with Crippen LogP contribution in [-0.2, 0) is 6.54 Å². The number of anilines is 4. The Balaban J connectivity index is 1.48. The van der Waals surface area contributed by atoms with Crippen molar-refractivity contribution in [1.82, 2.24) is 19.1 Å². The van der Waals surface area contributed by atoms with Crippen LogP contribution in [0.1, 0.15) is 13.0 Å². The maximum Gasteiger partial charge on any atom is 0.263 e. The fourth-order valence-corrected chi connectivity index (χ4v) is 4.72. The van der Waals surface area contributed by atoms with Gasteiger partial charge in [-0.2, -0.15) is 0 Å². The summed E-state index contributed by atoms with van der Waals surface area (Å²) in [6.45, 7) is 2.09. The molecule has 0 aliphatic rings. The normalized spacial score (nSPS) is 11.9. The van der Waals surface area contributed by atoms with Crippen molar-refractivity contribution in [3.05, 3.63) is 130 Å². The van der Waals surface area contributed by atoms with Gasteiger partial charge in [0, 0.05) is 17.9 Å². The topological polar surface area (TPSA) is 93.8 Å². The second-order valence-corrected chi connectivity index (χ2v) is 9.33. The zero-order chi connectivity index (χ0) is 26.8. The molecule has 0 saturated heterocycles. The zero-order valence-corrected chi connectivity index (χ0v) is 21.3. The summed E-state index contributed by atoms with van der Waals surface area (Å²) < 4.78 is 3.21. The maximum absolute atomic E-state index is 13.8. The van der Waals surface area contributed by atoms with Crippen LogP contribution in [0, 0.1) is 0 Å². The van der Waals surface area contributed by atoms with E-state index in [4.69, 9.17) is 9.97 Å². The minimum absolute atomic E-state index is 0.189. The molecule has 2 heterocycles. The molecule has 0 bridgehead atoms. The number of hydrogen-bond acceptors (Lipinski definition) is 6. The fraction of sp³-hybridized carbons (Fsp3) is 0.0968. The third-order valence-corrected chi connectivity index (χ3v) is 6.62. The molecule has 0 spiro atoms. The van der Waals surface area contributed by atoms with Crippen LogP contribution >= 0.6 is 0 Å². The minimum atomic E-state index is -0.446. The molecule has 1 unspecified atom stereocenters. The van der Waals surface area contributed by atoms with Gasteiger partial charge in [0.2, 0.25) is 11.9 Å². The van der Waals surface area contributed by atoms with E-state index in [9.17, 15) is 9.59 Å². The highest BCUT2D eigenvalue weighted by Gasteiger charge is 2.20. The Morgan fingerprint density at radius 3 is 1.67 bits per heavy atom. The molecule has 0 amide bonds. The molecule has 39 heavy (non-hydrogen) atoms. The Labute approximate surface area is 224 Å². The van der Waals surface area contributed by atoms with E-state index in [1.807, 2.05) is 104 Å². The van der Waals surface area contributed by atoms with Gasteiger partial charge in [0.25, 0.3) is 11.1 Å². The first-order valence-electron chi connectivity index (χ1n) is 12.7. The third-order valence-electron chi connectivity index (χ3n) is 6.62. The SMILES string of the molecule is CC(Cn1c(Nc2ccccc2)nc2ccccc2c1=O)n1c(Nc2ccccc2)nc2ccccc2c1=O. The number of nitrogens with zero attached hydrogens (tertiary/aromatic N) is 4. The first-order valence-corrected chi connectivity index (χ1v) is 12.7. The molecule has 0 radical (unpaired) electrons. The summed E-state index contributed by atoms with van der Waals surface area (Å²) in [5.74, 6) is 0.799. The molecule has 8 nitrogen and oxygen atoms in total. The molecule has 0 aliphatic carbocycles. The Morgan fingerprint density at radius 1 is 0.615 bits per heavy atom. The Hall–Kier alpha value is -5.24. The molecule has 6 aromatic rings. The number of para-hydroxylation sites is 4. The second kappa shape index (κ2) is 10.3. The van der Waals surface area contributed by atoms with Crippen LogP contribution in [0.4, 0.5) is 23.3 Å². The largest absolute Gasteiger partial charge is 0.326 e. The van der Waals surface area contributed by atoms with Gasteiger partial charge in [-0.1, -0.05) is 60.7 Å². The number of benzene rings is 4. The molecule has 2 aromatic heterocycles. The van der Waals surface area contributed by atoms with E-state index in [0.717, 1.165) is 11.4 Å². The Kier molecular flexibility index (Phi) is 6.34. The zero-order valence-electron chi connectivity index (χ0n) is 21.3. The van der Waals surface area contributed by atoms with Gasteiger partial charge in [0.05, 0.1) is 27.8 Å². The highest BCUT2D eigenvalue weighted by atomic mass is 16.1. The lowest BCUT2D eigenvalue weighted by atomic mass is 10.2. The lowest BCUT2D eigenvalue weighted by Gasteiger charge is -2.23. The summed E-state index contributed by atoms with van der Waals surface area (Å²) in [5.41, 5.74) is 2.42. The van der Waals surface area contributed by atoms with E-state index < -0.39 is 6.04 Å². The first-order chi connectivity index (χ1) is 19.1. The Bertz CT molecular complexity index is 1900. The number of fused-ring (bicyclic) bond motifs is 2. The summed E-state index contributed by atoms with van der Waals surface area (Å²) in [4.78, 5) is 37.1. The molecule has 8 heteroatoms. The molecule has 2 N–H and O–H groups in total. The van der Waals surface area contributed by atoms with Crippen molar-refractivity contribution >= 4 is 45.1 Å². The first kappa shape index (κ1) is 24.1. The van der Waals surface area contributed by atoms with Crippen molar-refractivity contribution in [1.29, 1.82) is 0 Å². The van der Waals surface area contributed by atoms with Gasteiger partial charge in [-0.15, -0.1) is 0 Å². The highest BCUT2D eigenvalue weighted by molar-refractivity contribution is 5.80. The molecule has 1 atom stereocenters. The smallest absolute Gasteiger partial charge is 0.263 e. The van der Waals surface area contributed by atoms with Crippen LogP contribution in [0.15, 0.2) is 119 Å². The van der Waals surface area contributed by atoms with Crippen molar-refractivity contribution in [2.45, 2.75) is 19.5 Å². The fourth-order valence-electron chi connectivity index (χ4n) is 4.72. The van der Waals surface area contributed by atoms with Crippen molar-refractivity contribution < 1.29 is 0 Å². The lowest BCUT2D eigenvalue weighted by molar-refractivity contribution is 0.451. The van der Waals surface area contributed by atoms with Crippen LogP contribution in [0.2, 0.25) is 0 Å². The standard InChI is InChI=1S/C31H26N6O2/c1-21(37-29(39)25-17-9-11-19-27(25)35-31(37)33-23-14-6-3-7-15-23)20-36-28(38)24-16-8-10-18-26(24)34-30(36)32-22-12-4-2-5-13-22/h2-19,21H,20H2,1H3,(H,32,34)(H,33,35). The summed E-state index contributed by atoms with van der Waals surface area (Å²) in [7, 11) is 0. The van der Waals surface area contributed by atoms with E-state index in [-0.39, 0.29) is 17.7 Å². The molecule has 6 rings (SSSR count). The summed E-state index contributed by atoms with van der Waals surface area (Å²) in [6, 6.07) is 33.2. The second-order valence-electron chi connectivity index (χ2n) is 9.33. The quantitative estimate of drug-likeness (QED) is 0.277. The third kappa shape index (κ3) is 4.75. The monoisotopic (exact) mass is 514 g/mol. The van der Waals surface area contributed by atoms with E-state index in [1.165, 1.54) is 0 Å². The molecular weight excluding hydrogens is 488 g/mol. The minimum Gasteiger partial charge on any atom is -0.326 e. The van der Waals surface area contributed by atoms with Crippen molar-refractivity contribution in [3.63, 3.8) is 0 Å². The predicted molar refractivity (Wildman–Crippen MR) is 156 cm³/mol. The van der Waals surface area contributed by atoms with Gasteiger partial charge in [0.15, 0.2) is 0 Å². The lowest BCUT2D eigenvalue weighted by Crippen LogP contribution is -2.33. The molecule has 0 fully saturated rings. The van der Waals surface area contributed by atoms with Gasteiger partial charge >= 0.3 is 0 Å². The van der Waals surface area contributed by atoms with Gasteiger partial charge in [-0.3, -0.25) is 18.7 Å². The number of aromatic nitrogens is 4. The van der Waals surface area contributed by atoms with Crippen LogP contribution < -0.4 is 21.8 Å². The average Bonchev–Trinajstić information content (AvgIpc) is 2.96. The van der Waals surface area contributed by atoms with Crippen LogP contribution in [0.5, 0.6) is 0 Å². The van der Waals surface area contributed by atoms with E-state index in [2.05, 4.69) is 10.6 Å². The van der Waals surface area contributed by atoms with Gasteiger partial charge < -0.3 is 10.6 Å². The maximum atomic E-state index is 13.8. The molecule has 0 saturated carbocycles. The van der Waals surface area contributed by atoms with Crippen molar-refractivity contribution in [2.75, 3.05) is 10.6 Å². The number of nitrogens with one attached hydrogen (secondary N) is 2. The number of rotatable bonds is 7. The van der Waals surface area contributed by atoms with Crippen molar-refractivity contribution in [2.24, 2.45) is 0 Å². The van der Waals surface area contributed by atoms with Crippen molar-refractivity contribution in [3.8, 4) is 0 Å². The van der Waals surface area contributed by atoms with Gasteiger partial charge in [-0.05, 0) is 55.5 Å². The van der Waals surface area contributed by atoms with Crippen LogP contribution in [0.3, 0.4) is 0 Å². The molecule has 192 valence electrons. The number of hydrogen-bond donors (Lipinski definition) is 2. The summed E-state index contributed by atoms with van der Waals surface area (Å²) in [6.07, 6.45) is 0.